The number of nitrogens with zero attached hydrogens (tertiary/aromatic N) is 3. The van der Waals surface area contributed by atoms with Gasteiger partial charge in [-0.3, -0.25) is 9.78 Å². The normalized spacial score (nSPS) is 11.6. The molecule has 2 heterocycles. The van der Waals surface area contributed by atoms with E-state index in [0.29, 0.717) is 10.6 Å². The first-order valence-electron chi connectivity index (χ1n) is 12.9. The van der Waals surface area contributed by atoms with Gasteiger partial charge >= 0.3 is 0 Å². The molecule has 1 N–H and O–H groups in total. The van der Waals surface area contributed by atoms with Crippen molar-refractivity contribution >= 4 is 17.5 Å². The number of rotatable bonds is 7. The van der Waals surface area contributed by atoms with Crippen LogP contribution in [0, 0.1) is 0 Å². The van der Waals surface area contributed by atoms with Crippen molar-refractivity contribution < 1.29 is 4.79 Å². The maximum absolute atomic E-state index is 13.7. The average molecular weight is 541 g/mol. The van der Waals surface area contributed by atoms with E-state index in [1.807, 2.05) is 95.7 Å². The zero-order valence-electron chi connectivity index (χ0n) is 21.5. The van der Waals surface area contributed by atoms with Crippen LogP contribution in [-0.2, 0) is 0 Å². The highest BCUT2D eigenvalue weighted by Gasteiger charge is 2.30. The molecule has 1 unspecified atom stereocenters. The third kappa shape index (κ3) is 5.15. The molecule has 1 amide bonds. The summed E-state index contributed by atoms with van der Waals surface area (Å²) >= 11 is 6.10. The van der Waals surface area contributed by atoms with Gasteiger partial charge in [0, 0.05) is 39.7 Å². The van der Waals surface area contributed by atoms with Crippen LogP contribution >= 0.6 is 11.6 Å². The minimum Gasteiger partial charge on any atom is -0.341 e. The Balaban J connectivity index is 1.64. The molecule has 0 radical (unpaired) electrons. The quantitative estimate of drug-likeness (QED) is 0.225. The summed E-state index contributed by atoms with van der Waals surface area (Å²) in [6.45, 7) is 0. The van der Waals surface area contributed by atoms with Crippen molar-refractivity contribution in [3.05, 3.63) is 162 Å². The van der Waals surface area contributed by atoms with Gasteiger partial charge in [-0.15, -0.1) is 0 Å². The summed E-state index contributed by atoms with van der Waals surface area (Å²) < 4.78 is 1.97. The molecule has 1 atom stereocenters. The van der Waals surface area contributed by atoms with Crippen molar-refractivity contribution in [1.29, 1.82) is 0 Å². The van der Waals surface area contributed by atoms with Gasteiger partial charge in [0.05, 0.1) is 23.1 Å². The largest absolute Gasteiger partial charge is 0.341 e. The monoisotopic (exact) mass is 540 g/mol. The van der Waals surface area contributed by atoms with Gasteiger partial charge < -0.3 is 5.32 Å². The molecule has 0 bridgehead atoms. The molecule has 5 nitrogen and oxygen atoms in total. The van der Waals surface area contributed by atoms with E-state index in [0.717, 1.165) is 39.3 Å². The molecule has 2 aromatic heterocycles. The summed E-state index contributed by atoms with van der Waals surface area (Å²) in [5.74, 6) is -0.219. The van der Waals surface area contributed by atoms with Crippen LogP contribution in [0.4, 0.5) is 0 Å². The van der Waals surface area contributed by atoms with E-state index in [-0.39, 0.29) is 5.91 Å². The molecule has 0 aliphatic rings. The van der Waals surface area contributed by atoms with Crippen molar-refractivity contribution in [2.24, 2.45) is 0 Å². The molecule has 0 aliphatic heterocycles. The van der Waals surface area contributed by atoms with Gasteiger partial charge in [-0.25, -0.2) is 4.68 Å². The Kier molecular flexibility index (Phi) is 7.20. The summed E-state index contributed by atoms with van der Waals surface area (Å²) in [6.07, 6.45) is 3.48. The lowest BCUT2D eigenvalue weighted by atomic mass is 9.91. The predicted octanol–water partition coefficient (Wildman–Crippen LogP) is 7.77. The molecule has 194 valence electrons. The van der Waals surface area contributed by atoms with Crippen LogP contribution < -0.4 is 5.32 Å². The van der Waals surface area contributed by atoms with Gasteiger partial charge in [-0.05, 0) is 54.1 Å². The van der Waals surface area contributed by atoms with E-state index < -0.39 is 6.04 Å². The Morgan fingerprint density at radius 1 is 0.700 bits per heavy atom. The fourth-order valence-electron chi connectivity index (χ4n) is 4.84. The second kappa shape index (κ2) is 11.4. The molecule has 0 fully saturated rings. The van der Waals surface area contributed by atoms with Gasteiger partial charge in [-0.2, -0.15) is 5.10 Å². The number of carbonyl (C=O) groups excluding carboxylic acids is 1. The summed E-state index contributed by atoms with van der Waals surface area (Å²) in [7, 11) is 0. The van der Waals surface area contributed by atoms with E-state index in [9.17, 15) is 4.79 Å². The maximum atomic E-state index is 13.7. The zero-order chi connectivity index (χ0) is 27.3. The first kappa shape index (κ1) is 25.3. The first-order chi connectivity index (χ1) is 19.7. The van der Waals surface area contributed by atoms with E-state index >= 15 is 0 Å². The Morgan fingerprint density at radius 3 is 1.90 bits per heavy atom. The third-order valence-electron chi connectivity index (χ3n) is 6.73. The highest BCUT2D eigenvalue weighted by Crippen LogP contribution is 2.40. The Labute approximate surface area is 237 Å². The fourth-order valence-corrected chi connectivity index (χ4v) is 4.96. The lowest BCUT2D eigenvalue weighted by Crippen LogP contribution is -2.30. The number of carbonyl (C=O) groups is 1. The number of halogens is 1. The molecule has 0 saturated carbocycles. The number of para-hydroxylation sites is 1. The van der Waals surface area contributed by atoms with Gasteiger partial charge in [0.1, 0.15) is 0 Å². The van der Waals surface area contributed by atoms with Crippen molar-refractivity contribution in [2.75, 3.05) is 0 Å². The number of amides is 1. The molecule has 6 heteroatoms. The maximum Gasteiger partial charge on any atom is 0.252 e. The molecule has 0 saturated heterocycles. The molecular weight excluding hydrogens is 516 g/mol. The number of hydrogen-bond acceptors (Lipinski definition) is 3. The molecule has 0 spiro atoms. The standard InChI is InChI=1S/C34H25ClN4O/c35-28-18-16-27(17-19-28)34(40)37-31(25-20-22-36-23-21-25)30-32(24-10-4-1-5-11-24)38-39(29-14-8-3-9-15-29)33(30)26-12-6-2-7-13-26/h1-23,31H,(H,37,40). The van der Waals surface area contributed by atoms with Crippen LogP contribution in [0.15, 0.2) is 140 Å². The third-order valence-corrected chi connectivity index (χ3v) is 6.98. The Morgan fingerprint density at radius 2 is 1.27 bits per heavy atom. The number of benzene rings is 4. The van der Waals surface area contributed by atoms with Gasteiger partial charge in [0.25, 0.3) is 5.91 Å². The molecular formula is C34H25ClN4O. The number of aromatic nitrogens is 3. The summed E-state index contributed by atoms with van der Waals surface area (Å²) in [5.41, 5.74) is 6.81. The second-order valence-corrected chi connectivity index (χ2v) is 9.72. The SMILES string of the molecule is O=C(NC(c1ccncc1)c1c(-c2ccccc2)nn(-c2ccccc2)c1-c1ccccc1)c1ccc(Cl)cc1. The number of hydrogen-bond donors (Lipinski definition) is 1. The second-order valence-electron chi connectivity index (χ2n) is 9.28. The number of pyridine rings is 1. The Bertz CT molecular complexity index is 1720. The fraction of sp³-hybridized carbons (Fsp3) is 0.0294. The molecule has 40 heavy (non-hydrogen) atoms. The average Bonchev–Trinajstić information content (AvgIpc) is 3.42. The molecule has 6 rings (SSSR count). The summed E-state index contributed by atoms with van der Waals surface area (Å²) in [6, 6.07) is 40.5. The van der Waals surface area contributed by atoms with Crippen molar-refractivity contribution in [1.82, 2.24) is 20.1 Å². The van der Waals surface area contributed by atoms with Crippen LogP contribution in [0.2, 0.25) is 5.02 Å². The highest BCUT2D eigenvalue weighted by molar-refractivity contribution is 6.30. The van der Waals surface area contributed by atoms with Gasteiger partial charge in [0.15, 0.2) is 0 Å². The van der Waals surface area contributed by atoms with E-state index in [2.05, 4.69) is 22.4 Å². The summed E-state index contributed by atoms with van der Waals surface area (Å²) in [5, 5.41) is 9.08. The molecule has 0 aliphatic carbocycles. The number of nitrogens with one attached hydrogen (secondary N) is 1. The first-order valence-corrected chi connectivity index (χ1v) is 13.3. The minimum absolute atomic E-state index is 0.219. The highest BCUT2D eigenvalue weighted by atomic mass is 35.5. The molecule has 4 aromatic carbocycles. The van der Waals surface area contributed by atoms with E-state index in [4.69, 9.17) is 16.7 Å². The zero-order valence-corrected chi connectivity index (χ0v) is 22.2. The van der Waals surface area contributed by atoms with E-state index in [1.165, 1.54) is 0 Å². The van der Waals surface area contributed by atoms with Crippen molar-refractivity contribution in [3.63, 3.8) is 0 Å². The van der Waals surface area contributed by atoms with Crippen LogP contribution in [0.25, 0.3) is 28.2 Å². The smallest absolute Gasteiger partial charge is 0.252 e. The summed E-state index contributed by atoms with van der Waals surface area (Å²) in [4.78, 5) is 17.9. The molecule has 6 aromatic rings. The van der Waals surface area contributed by atoms with Crippen LogP contribution in [0.1, 0.15) is 27.5 Å². The Hall–Kier alpha value is -5.00. The minimum atomic E-state index is -0.533. The topological polar surface area (TPSA) is 59.8 Å². The van der Waals surface area contributed by atoms with Crippen molar-refractivity contribution in [3.8, 4) is 28.2 Å². The van der Waals surface area contributed by atoms with Crippen LogP contribution in [0.5, 0.6) is 0 Å². The lowest BCUT2D eigenvalue weighted by molar-refractivity contribution is 0.0943. The van der Waals surface area contributed by atoms with Gasteiger partial charge in [0.2, 0.25) is 0 Å². The predicted molar refractivity (Wildman–Crippen MR) is 159 cm³/mol. The van der Waals surface area contributed by atoms with E-state index in [1.54, 1.807) is 36.7 Å². The van der Waals surface area contributed by atoms with Gasteiger partial charge in [-0.1, -0.05) is 90.5 Å². The van der Waals surface area contributed by atoms with Crippen molar-refractivity contribution in [2.45, 2.75) is 6.04 Å². The van der Waals surface area contributed by atoms with Crippen LogP contribution in [0.3, 0.4) is 0 Å². The van der Waals surface area contributed by atoms with Crippen LogP contribution in [-0.4, -0.2) is 20.7 Å². The lowest BCUT2D eigenvalue weighted by Gasteiger charge is -2.22.